The van der Waals surface area contributed by atoms with E-state index in [0.717, 1.165) is 47.4 Å². The highest BCUT2D eigenvalue weighted by molar-refractivity contribution is 7.98. The normalized spacial score (nSPS) is 13.3. The minimum atomic E-state index is -0.933. The Kier molecular flexibility index (Phi) is 4.85. The summed E-state index contributed by atoms with van der Waals surface area (Å²) in [6.07, 6.45) is 5.14. The lowest BCUT2D eigenvalue weighted by molar-refractivity contribution is 0.0697. The van der Waals surface area contributed by atoms with Gasteiger partial charge >= 0.3 is 5.97 Å². The Balaban J connectivity index is 1.83. The number of nitrogens with one attached hydrogen (secondary N) is 1. The number of aromatic carboxylic acids is 1. The van der Waals surface area contributed by atoms with Crippen LogP contribution in [0.3, 0.4) is 0 Å². The van der Waals surface area contributed by atoms with Gasteiger partial charge in [-0.1, -0.05) is 12.1 Å². The Morgan fingerprint density at radius 1 is 1.21 bits per heavy atom. The number of fused-ring (bicyclic) bond motifs is 1. The van der Waals surface area contributed by atoms with Gasteiger partial charge in [-0.2, -0.15) is 0 Å². The minimum absolute atomic E-state index is 0.0747. The highest BCUT2D eigenvalue weighted by Gasteiger charge is 2.21. The topological polar surface area (TPSA) is 94.3 Å². The zero-order chi connectivity index (χ0) is 17.1. The predicted molar refractivity (Wildman–Crippen MR) is 93.4 cm³/mol. The van der Waals surface area contributed by atoms with E-state index >= 15 is 0 Å². The van der Waals surface area contributed by atoms with Crippen molar-refractivity contribution < 1.29 is 15.0 Å². The van der Waals surface area contributed by atoms with Crippen LogP contribution in [0.2, 0.25) is 0 Å². The first kappa shape index (κ1) is 16.5. The number of hydrogen-bond acceptors (Lipinski definition) is 5. The molecule has 124 valence electrons. The molecular formula is C18H18N2O3S. The number of carbonyl (C=O) groups is 1. The fourth-order valence-corrected chi connectivity index (χ4v) is 4.01. The molecule has 0 aliphatic heterocycles. The summed E-state index contributed by atoms with van der Waals surface area (Å²) in [4.78, 5) is 15.2. The van der Waals surface area contributed by atoms with Crippen LogP contribution in [0, 0.1) is 5.41 Å². The lowest BCUT2D eigenvalue weighted by Gasteiger charge is -2.21. The van der Waals surface area contributed by atoms with Gasteiger partial charge in [-0.15, -0.1) is 11.8 Å². The number of hydrogen-bond donors (Lipinski definition) is 3. The summed E-state index contributed by atoms with van der Waals surface area (Å²) < 4.78 is 0. The molecular weight excluding hydrogens is 324 g/mol. The highest BCUT2D eigenvalue weighted by atomic mass is 32.2. The second kappa shape index (κ2) is 7.05. The molecule has 5 nitrogen and oxygen atoms in total. The number of nitrogens with zero attached hydrogens (tertiary/aromatic N) is 1. The van der Waals surface area contributed by atoms with Crippen LogP contribution in [0.25, 0.3) is 0 Å². The number of aromatic nitrogens is 1. The average Bonchev–Trinajstić information content (AvgIpc) is 2.60. The summed E-state index contributed by atoms with van der Waals surface area (Å²) >= 11 is 1.54. The van der Waals surface area contributed by atoms with Crippen molar-refractivity contribution in [3.63, 3.8) is 0 Å². The molecule has 0 saturated carbocycles. The Hall–Kier alpha value is -2.34. The molecule has 1 aliphatic rings. The molecule has 1 aromatic carbocycles. The number of benzene rings is 1. The number of rotatable bonds is 5. The maximum atomic E-state index is 10.9. The fraction of sp³-hybridized carbons (Fsp3) is 0.278. The van der Waals surface area contributed by atoms with Gasteiger partial charge in [-0.3, -0.25) is 0 Å². The number of carboxylic acids is 1. The fourth-order valence-electron chi connectivity index (χ4n) is 2.96. The number of carboxylic acid groups (broad SMARTS) is 1. The smallest absolute Gasteiger partial charge is 0.335 e. The van der Waals surface area contributed by atoms with Gasteiger partial charge in [0.15, 0.2) is 0 Å². The van der Waals surface area contributed by atoms with E-state index in [9.17, 15) is 9.90 Å². The van der Waals surface area contributed by atoms with E-state index in [-0.39, 0.29) is 11.4 Å². The first-order chi connectivity index (χ1) is 11.6. The second-order valence-electron chi connectivity index (χ2n) is 5.75. The third-order valence-corrected chi connectivity index (χ3v) is 5.31. The van der Waals surface area contributed by atoms with Crippen LogP contribution >= 0.6 is 11.8 Å². The SMILES string of the molecule is N=Cc1c(O)nc(SCc2ccc(C(=O)O)cc2)c2c1CCCC2. The summed E-state index contributed by atoms with van der Waals surface area (Å²) in [7, 11) is 0. The molecule has 0 bridgehead atoms. The summed E-state index contributed by atoms with van der Waals surface area (Å²) in [5.74, 6) is -0.352. The molecule has 0 spiro atoms. The van der Waals surface area contributed by atoms with Gasteiger partial charge < -0.3 is 15.6 Å². The van der Waals surface area contributed by atoms with Crippen LogP contribution in [0.5, 0.6) is 5.88 Å². The van der Waals surface area contributed by atoms with Gasteiger partial charge in [0.05, 0.1) is 11.1 Å². The van der Waals surface area contributed by atoms with Gasteiger partial charge in [0.2, 0.25) is 5.88 Å². The van der Waals surface area contributed by atoms with Gasteiger partial charge in [-0.25, -0.2) is 9.78 Å². The predicted octanol–water partition coefficient (Wildman–Crippen LogP) is 3.65. The highest BCUT2D eigenvalue weighted by Crippen LogP contribution is 2.36. The lowest BCUT2D eigenvalue weighted by atomic mass is 9.90. The van der Waals surface area contributed by atoms with E-state index in [1.165, 1.54) is 6.21 Å². The van der Waals surface area contributed by atoms with Crippen LogP contribution < -0.4 is 0 Å². The van der Waals surface area contributed by atoms with Crippen molar-refractivity contribution in [2.75, 3.05) is 0 Å². The Morgan fingerprint density at radius 3 is 2.50 bits per heavy atom. The van der Waals surface area contributed by atoms with E-state index < -0.39 is 5.97 Å². The minimum Gasteiger partial charge on any atom is -0.493 e. The first-order valence-electron chi connectivity index (χ1n) is 7.80. The average molecular weight is 342 g/mol. The first-order valence-corrected chi connectivity index (χ1v) is 8.79. The van der Waals surface area contributed by atoms with Crippen molar-refractivity contribution in [2.24, 2.45) is 0 Å². The molecule has 3 N–H and O–H groups in total. The van der Waals surface area contributed by atoms with Gasteiger partial charge in [0.1, 0.15) is 5.03 Å². The largest absolute Gasteiger partial charge is 0.493 e. The molecule has 1 aliphatic carbocycles. The van der Waals surface area contributed by atoms with Gasteiger partial charge in [0.25, 0.3) is 0 Å². The van der Waals surface area contributed by atoms with Crippen LogP contribution in [-0.4, -0.2) is 27.4 Å². The number of thioether (sulfide) groups is 1. The Bertz CT molecular complexity index is 788. The zero-order valence-electron chi connectivity index (χ0n) is 13.1. The van der Waals surface area contributed by atoms with E-state index in [4.69, 9.17) is 10.5 Å². The molecule has 1 heterocycles. The number of aromatic hydroxyl groups is 1. The molecule has 6 heteroatoms. The summed E-state index contributed by atoms with van der Waals surface area (Å²) in [6, 6.07) is 6.79. The zero-order valence-corrected chi connectivity index (χ0v) is 13.9. The third kappa shape index (κ3) is 3.28. The second-order valence-corrected chi connectivity index (χ2v) is 6.72. The molecule has 0 atom stereocenters. The summed E-state index contributed by atoms with van der Waals surface area (Å²) in [6.45, 7) is 0. The van der Waals surface area contributed by atoms with Crippen molar-refractivity contribution in [1.82, 2.24) is 4.98 Å². The van der Waals surface area contributed by atoms with E-state index in [2.05, 4.69) is 4.98 Å². The molecule has 0 unspecified atom stereocenters. The standard InChI is InChI=1S/C18H18N2O3S/c19-9-15-13-3-1-2-4-14(13)17(20-16(15)21)24-10-11-5-7-12(8-6-11)18(22)23/h5-9,19H,1-4,10H2,(H,20,21)(H,22,23). The Labute approximate surface area is 144 Å². The molecule has 3 rings (SSSR count). The van der Waals surface area contributed by atoms with E-state index in [0.29, 0.717) is 11.3 Å². The molecule has 0 radical (unpaired) electrons. The molecule has 0 amide bonds. The molecule has 0 saturated heterocycles. The van der Waals surface area contributed by atoms with Crippen molar-refractivity contribution in [2.45, 2.75) is 36.5 Å². The maximum absolute atomic E-state index is 10.9. The summed E-state index contributed by atoms with van der Waals surface area (Å²) in [5, 5.41) is 27.4. The van der Waals surface area contributed by atoms with Crippen LogP contribution in [0.1, 0.15) is 45.5 Å². The third-order valence-electron chi connectivity index (χ3n) is 4.22. The molecule has 1 aromatic heterocycles. The lowest BCUT2D eigenvalue weighted by Crippen LogP contribution is -2.10. The van der Waals surface area contributed by atoms with E-state index in [1.54, 1.807) is 36.0 Å². The molecule has 2 aromatic rings. The van der Waals surface area contributed by atoms with Crippen LogP contribution in [0.4, 0.5) is 0 Å². The van der Waals surface area contributed by atoms with Crippen molar-refractivity contribution in [3.8, 4) is 5.88 Å². The summed E-state index contributed by atoms with van der Waals surface area (Å²) in [5.41, 5.74) is 4.01. The van der Waals surface area contributed by atoms with Crippen molar-refractivity contribution >= 4 is 23.9 Å². The van der Waals surface area contributed by atoms with Crippen LogP contribution in [-0.2, 0) is 18.6 Å². The molecule has 24 heavy (non-hydrogen) atoms. The van der Waals surface area contributed by atoms with E-state index in [1.807, 2.05) is 0 Å². The van der Waals surface area contributed by atoms with Crippen molar-refractivity contribution in [3.05, 3.63) is 52.1 Å². The Morgan fingerprint density at radius 2 is 1.88 bits per heavy atom. The van der Waals surface area contributed by atoms with Gasteiger partial charge in [0, 0.05) is 12.0 Å². The quantitative estimate of drug-likeness (QED) is 0.569. The van der Waals surface area contributed by atoms with Gasteiger partial charge in [-0.05, 0) is 54.5 Å². The monoisotopic (exact) mass is 342 g/mol. The maximum Gasteiger partial charge on any atom is 0.335 e. The van der Waals surface area contributed by atoms with Crippen LogP contribution in [0.15, 0.2) is 29.3 Å². The number of pyridine rings is 1. The van der Waals surface area contributed by atoms with Crippen molar-refractivity contribution in [1.29, 1.82) is 5.41 Å². The molecule has 0 fully saturated rings.